The molecule has 0 aliphatic heterocycles. The van der Waals surface area contributed by atoms with Gasteiger partial charge in [-0.1, -0.05) is 45.4 Å². The molecule has 0 unspecified atom stereocenters. The van der Waals surface area contributed by atoms with Gasteiger partial charge in [-0.3, -0.25) is 4.79 Å². The van der Waals surface area contributed by atoms with Crippen LogP contribution in [-0.4, -0.2) is 13.0 Å². The van der Waals surface area contributed by atoms with Gasteiger partial charge in [0.05, 0.1) is 0 Å². The second-order valence-electron chi connectivity index (χ2n) is 2.09. The lowest BCUT2D eigenvalue weighted by molar-refractivity contribution is 0.0963. The molecule has 0 radical (unpaired) electrons. The van der Waals surface area contributed by atoms with E-state index in [1.165, 1.54) is 0 Å². The molecule has 0 bridgehead atoms. The van der Waals surface area contributed by atoms with E-state index in [-0.39, 0.29) is 5.91 Å². The lowest BCUT2D eigenvalue weighted by Crippen LogP contribution is -2.17. The Morgan fingerprint density at radius 1 is 1.20 bits per heavy atom. The van der Waals surface area contributed by atoms with Crippen molar-refractivity contribution in [2.45, 2.75) is 27.7 Å². The molecule has 2 nitrogen and oxygen atoms in total. The molecular weight excluding hydrogens is 210 g/mol. The molecule has 1 aromatic rings. The van der Waals surface area contributed by atoms with Crippen molar-refractivity contribution < 1.29 is 4.79 Å². The molecular formula is C12H20ClNO. The standard InChI is InChI=1S/C8H8ClNO.2C2H6/c1-10-8(11)6-3-2-4-7(9)5-6;2*1-2/h2-5H,1H3,(H,10,11);2*1-2H3. The average Bonchev–Trinajstić information content (AvgIpc) is 2.33. The molecule has 3 heteroatoms. The summed E-state index contributed by atoms with van der Waals surface area (Å²) in [6.45, 7) is 8.00. The first kappa shape index (κ1) is 16.4. The molecule has 0 saturated heterocycles. The third-order valence-corrected chi connectivity index (χ3v) is 1.55. The zero-order valence-corrected chi connectivity index (χ0v) is 10.9. The summed E-state index contributed by atoms with van der Waals surface area (Å²) in [4.78, 5) is 11.0. The maximum Gasteiger partial charge on any atom is 0.251 e. The fraction of sp³-hybridized carbons (Fsp3) is 0.417. The molecule has 1 N–H and O–H groups in total. The third kappa shape index (κ3) is 6.97. The quantitative estimate of drug-likeness (QED) is 0.781. The minimum atomic E-state index is -0.118. The Labute approximate surface area is 97.6 Å². The summed E-state index contributed by atoms with van der Waals surface area (Å²) in [6.07, 6.45) is 0. The molecule has 86 valence electrons. The summed E-state index contributed by atoms with van der Waals surface area (Å²) in [6, 6.07) is 6.81. The van der Waals surface area contributed by atoms with Crippen LogP contribution in [0.1, 0.15) is 38.1 Å². The highest BCUT2D eigenvalue weighted by Crippen LogP contribution is 2.09. The number of amides is 1. The van der Waals surface area contributed by atoms with Gasteiger partial charge in [-0.2, -0.15) is 0 Å². The van der Waals surface area contributed by atoms with Gasteiger partial charge in [-0.15, -0.1) is 0 Å². The predicted octanol–water partition coefficient (Wildman–Crippen LogP) is 3.75. The first-order chi connectivity index (χ1) is 7.24. The van der Waals surface area contributed by atoms with Crippen molar-refractivity contribution in [2.75, 3.05) is 7.05 Å². The molecule has 15 heavy (non-hydrogen) atoms. The largest absolute Gasteiger partial charge is 0.355 e. The SMILES string of the molecule is CC.CC.CNC(=O)c1cccc(Cl)c1. The zero-order chi connectivity index (χ0) is 12.3. The first-order valence-electron chi connectivity index (χ1n) is 5.21. The second-order valence-corrected chi connectivity index (χ2v) is 2.53. The predicted molar refractivity (Wildman–Crippen MR) is 67.5 cm³/mol. The van der Waals surface area contributed by atoms with Gasteiger partial charge in [-0.05, 0) is 18.2 Å². The van der Waals surface area contributed by atoms with Gasteiger partial charge in [0.2, 0.25) is 0 Å². The highest BCUT2D eigenvalue weighted by atomic mass is 35.5. The van der Waals surface area contributed by atoms with Crippen LogP contribution < -0.4 is 5.32 Å². The summed E-state index contributed by atoms with van der Waals surface area (Å²) in [5.41, 5.74) is 0.583. The number of benzene rings is 1. The van der Waals surface area contributed by atoms with Crippen molar-refractivity contribution in [3.8, 4) is 0 Å². The Balaban J connectivity index is 0. The summed E-state index contributed by atoms with van der Waals surface area (Å²) < 4.78 is 0. The Bertz CT molecular complexity index is 274. The summed E-state index contributed by atoms with van der Waals surface area (Å²) in [5, 5.41) is 3.09. The van der Waals surface area contributed by atoms with E-state index in [9.17, 15) is 4.79 Å². The number of hydrogen-bond donors (Lipinski definition) is 1. The van der Waals surface area contributed by atoms with Crippen LogP contribution in [0.2, 0.25) is 5.02 Å². The molecule has 1 rings (SSSR count). The van der Waals surface area contributed by atoms with Crippen LogP contribution in [0.4, 0.5) is 0 Å². The third-order valence-electron chi connectivity index (χ3n) is 1.31. The maximum atomic E-state index is 11.0. The smallest absolute Gasteiger partial charge is 0.251 e. The molecule has 0 saturated carbocycles. The summed E-state index contributed by atoms with van der Waals surface area (Å²) in [5.74, 6) is -0.118. The summed E-state index contributed by atoms with van der Waals surface area (Å²) >= 11 is 5.67. The number of hydrogen-bond acceptors (Lipinski definition) is 1. The molecule has 0 heterocycles. The molecule has 0 aromatic heterocycles. The monoisotopic (exact) mass is 229 g/mol. The van der Waals surface area contributed by atoms with Gasteiger partial charge in [0.15, 0.2) is 0 Å². The lowest BCUT2D eigenvalue weighted by Gasteiger charge is -1.98. The number of rotatable bonds is 1. The molecule has 0 aliphatic rings. The molecule has 1 amide bonds. The summed E-state index contributed by atoms with van der Waals surface area (Å²) in [7, 11) is 1.59. The molecule has 0 fully saturated rings. The van der Waals surface area contributed by atoms with E-state index in [4.69, 9.17) is 11.6 Å². The Morgan fingerprint density at radius 2 is 1.73 bits per heavy atom. The van der Waals surface area contributed by atoms with Crippen LogP contribution in [0, 0.1) is 0 Å². The van der Waals surface area contributed by atoms with Gasteiger partial charge >= 0.3 is 0 Å². The number of nitrogens with one attached hydrogen (secondary N) is 1. The van der Waals surface area contributed by atoms with Crippen molar-refractivity contribution in [3.63, 3.8) is 0 Å². The van der Waals surface area contributed by atoms with Crippen LogP contribution in [-0.2, 0) is 0 Å². The highest BCUT2D eigenvalue weighted by Gasteiger charge is 2.01. The fourth-order valence-electron chi connectivity index (χ4n) is 0.774. The van der Waals surface area contributed by atoms with E-state index in [0.717, 1.165) is 0 Å². The van der Waals surface area contributed by atoms with E-state index in [0.29, 0.717) is 10.6 Å². The average molecular weight is 230 g/mol. The van der Waals surface area contributed by atoms with Gasteiger partial charge in [-0.25, -0.2) is 0 Å². The van der Waals surface area contributed by atoms with Crippen molar-refractivity contribution in [1.29, 1.82) is 0 Å². The van der Waals surface area contributed by atoms with Crippen LogP contribution >= 0.6 is 11.6 Å². The topological polar surface area (TPSA) is 29.1 Å². The number of halogens is 1. The minimum absolute atomic E-state index is 0.118. The molecule has 0 spiro atoms. The van der Waals surface area contributed by atoms with Gasteiger partial charge in [0, 0.05) is 17.6 Å². The van der Waals surface area contributed by atoms with Crippen LogP contribution in [0.15, 0.2) is 24.3 Å². The second kappa shape index (κ2) is 11.1. The molecule has 0 aliphatic carbocycles. The van der Waals surface area contributed by atoms with Crippen LogP contribution in [0.25, 0.3) is 0 Å². The van der Waals surface area contributed by atoms with Crippen molar-refractivity contribution in [3.05, 3.63) is 34.9 Å². The molecule has 0 atom stereocenters. The van der Waals surface area contributed by atoms with Crippen molar-refractivity contribution in [2.24, 2.45) is 0 Å². The number of carbonyl (C=O) groups excluding carboxylic acids is 1. The van der Waals surface area contributed by atoms with E-state index in [1.807, 2.05) is 27.7 Å². The van der Waals surface area contributed by atoms with E-state index in [2.05, 4.69) is 5.32 Å². The Kier molecular flexibility index (Phi) is 12.1. The zero-order valence-electron chi connectivity index (χ0n) is 10.1. The lowest BCUT2D eigenvalue weighted by atomic mass is 10.2. The van der Waals surface area contributed by atoms with Crippen molar-refractivity contribution >= 4 is 17.5 Å². The maximum absolute atomic E-state index is 11.0. The Hall–Kier alpha value is -1.02. The normalized spacial score (nSPS) is 7.60. The van der Waals surface area contributed by atoms with E-state index < -0.39 is 0 Å². The molecule has 1 aromatic carbocycles. The van der Waals surface area contributed by atoms with E-state index in [1.54, 1.807) is 31.3 Å². The van der Waals surface area contributed by atoms with Crippen LogP contribution in [0.5, 0.6) is 0 Å². The van der Waals surface area contributed by atoms with Gasteiger partial charge < -0.3 is 5.32 Å². The highest BCUT2D eigenvalue weighted by molar-refractivity contribution is 6.30. The fourth-order valence-corrected chi connectivity index (χ4v) is 0.964. The van der Waals surface area contributed by atoms with Crippen LogP contribution in [0.3, 0.4) is 0 Å². The van der Waals surface area contributed by atoms with Gasteiger partial charge in [0.25, 0.3) is 5.91 Å². The minimum Gasteiger partial charge on any atom is -0.355 e. The van der Waals surface area contributed by atoms with Crippen molar-refractivity contribution in [1.82, 2.24) is 5.32 Å². The first-order valence-corrected chi connectivity index (χ1v) is 5.59. The number of carbonyl (C=O) groups is 1. The Morgan fingerprint density at radius 3 is 2.13 bits per heavy atom. The van der Waals surface area contributed by atoms with E-state index >= 15 is 0 Å². The van der Waals surface area contributed by atoms with Gasteiger partial charge in [0.1, 0.15) is 0 Å².